The molecule has 0 aromatic heterocycles. The van der Waals surface area contributed by atoms with Crippen LogP contribution < -0.4 is 9.47 Å². The highest BCUT2D eigenvalue weighted by Gasteiger charge is 2.22. The molecule has 166 valence electrons. The van der Waals surface area contributed by atoms with Crippen LogP contribution in [0.15, 0.2) is 48.5 Å². The third-order valence-corrected chi connectivity index (χ3v) is 5.86. The first-order chi connectivity index (χ1) is 15.2. The fourth-order valence-corrected chi connectivity index (χ4v) is 4.07. The van der Waals surface area contributed by atoms with Crippen LogP contribution in [0.4, 0.5) is 0 Å². The van der Waals surface area contributed by atoms with Crippen LogP contribution >= 0.6 is 0 Å². The summed E-state index contributed by atoms with van der Waals surface area (Å²) in [7, 11) is 0. The van der Waals surface area contributed by atoms with Gasteiger partial charge in [0.2, 0.25) is 0 Å². The van der Waals surface area contributed by atoms with E-state index in [1.807, 2.05) is 48.2 Å². The van der Waals surface area contributed by atoms with E-state index < -0.39 is 0 Å². The SMILES string of the molecule is CCOc1ccc(CN2CCN(C(=O)c3ccc(OCC4CCCO4)cc3)CC2)cc1. The summed E-state index contributed by atoms with van der Waals surface area (Å²) in [6.45, 7) is 8.21. The Labute approximate surface area is 184 Å². The van der Waals surface area contributed by atoms with E-state index in [-0.39, 0.29) is 12.0 Å². The average Bonchev–Trinajstić information content (AvgIpc) is 3.33. The van der Waals surface area contributed by atoms with Crippen molar-refractivity contribution in [3.05, 3.63) is 59.7 Å². The van der Waals surface area contributed by atoms with Gasteiger partial charge in [0.15, 0.2) is 0 Å². The zero-order chi connectivity index (χ0) is 21.5. The van der Waals surface area contributed by atoms with Crippen molar-refractivity contribution in [2.75, 3.05) is 46.0 Å². The molecule has 2 heterocycles. The van der Waals surface area contributed by atoms with E-state index in [2.05, 4.69) is 17.0 Å². The second-order valence-corrected chi connectivity index (χ2v) is 8.12. The van der Waals surface area contributed by atoms with Crippen molar-refractivity contribution in [3.8, 4) is 11.5 Å². The van der Waals surface area contributed by atoms with Gasteiger partial charge in [0.1, 0.15) is 18.1 Å². The van der Waals surface area contributed by atoms with Gasteiger partial charge < -0.3 is 19.1 Å². The molecule has 0 aliphatic carbocycles. The molecule has 1 amide bonds. The molecule has 31 heavy (non-hydrogen) atoms. The normalized spacial score (nSPS) is 19.4. The predicted octanol–water partition coefficient (Wildman–Crippen LogP) is 3.60. The van der Waals surface area contributed by atoms with Crippen LogP contribution in [0.2, 0.25) is 0 Å². The van der Waals surface area contributed by atoms with Crippen molar-refractivity contribution >= 4 is 5.91 Å². The minimum atomic E-state index is 0.0893. The molecule has 6 nitrogen and oxygen atoms in total. The van der Waals surface area contributed by atoms with Gasteiger partial charge in [0.25, 0.3) is 5.91 Å². The first kappa shape index (κ1) is 21.7. The van der Waals surface area contributed by atoms with E-state index in [1.54, 1.807) is 0 Å². The third kappa shape index (κ3) is 5.99. The molecule has 2 fully saturated rings. The summed E-state index contributed by atoms with van der Waals surface area (Å²) in [4.78, 5) is 17.2. The molecular formula is C25H32N2O4. The van der Waals surface area contributed by atoms with E-state index in [0.29, 0.717) is 18.8 Å². The minimum absolute atomic E-state index is 0.0893. The van der Waals surface area contributed by atoms with E-state index in [0.717, 1.165) is 63.7 Å². The van der Waals surface area contributed by atoms with Crippen molar-refractivity contribution in [2.24, 2.45) is 0 Å². The summed E-state index contributed by atoms with van der Waals surface area (Å²) < 4.78 is 16.9. The highest BCUT2D eigenvalue weighted by atomic mass is 16.5. The molecule has 1 unspecified atom stereocenters. The molecule has 2 saturated heterocycles. The van der Waals surface area contributed by atoms with Crippen molar-refractivity contribution < 1.29 is 19.0 Å². The smallest absolute Gasteiger partial charge is 0.253 e. The summed E-state index contributed by atoms with van der Waals surface area (Å²) in [6.07, 6.45) is 2.36. The Bertz CT molecular complexity index is 824. The van der Waals surface area contributed by atoms with Gasteiger partial charge in [0.05, 0.1) is 12.7 Å². The van der Waals surface area contributed by atoms with E-state index in [4.69, 9.17) is 14.2 Å². The molecule has 1 atom stereocenters. The summed E-state index contributed by atoms with van der Waals surface area (Å²) in [5, 5.41) is 0. The Balaban J connectivity index is 1.23. The lowest BCUT2D eigenvalue weighted by molar-refractivity contribution is 0.0627. The van der Waals surface area contributed by atoms with Gasteiger partial charge in [-0.1, -0.05) is 12.1 Å². The second kappa shape index (κ2) is 10.6. The molecule has 2 aromatic rings. The molecule has 0 saturated carbocycles. The highest BCUT2D eigenvalue weighted by molar-refractivity contribution is 5.94. The van der Waals surface area contributed by atoms with Gasteiger partial charge in [-0.3, -0.25) is 9.69 Å². The molecule has 6 heteroatoms. The first-order valence-electron chi connectivity index (χ1n) is 11.3. The number of hydrogen-bond donors (Lipinski definition) is 0. The lowest BCUT2D eigenvalue weighted by Gasteiger charge is -2.34. The maximum absolute atomic E-state index is 12.9. The summed E-state index contributed by atoms with van der Waals surface area (Å²) >= 11 is 0. The Morgan fingerprint density at radius 1 is 0.968 bits per heavy atom. The molecule has 0 radical (unpaired) electrons. The zero-order valence-corrected chi connectivity index (χ0v) is 18.3. The molecule has 2 aromatic carbocycles. The van der Waals surface area contributed by atoms with Gasteiger partial charge in [-0.2, -0.15) is 0 Å². The summed E-state index contributed by atoms with van der Waals surface area (Å²) in [6, 6.07) is 15.8. The van der Waals surface area contributed by atoms with Crippen LogP contribution in [0.25, 0.3) is 0 Å². The Morgan fingerprint density at radius 3 is 2.29 bits per heavy atom. The number of benzene rings is 2. The molecule has 4 rings (SSSR count). The number of piperazine rings is 1. The van der Waals surface area contributed by atoms with Gasteiger partial charge in [-0.05, 0) is 61.7 Å². The monoisotopic (exact) mass is 424 g/mol. The second-order valence-electron chi connectivity index (χ2n) is 8.12. The predicted molar refractivity (Wildman–Crippen MR) is 120 cm³/mol. The quantitative estimate of drug-likeness (QED) is 0.648. The van der Waals surface area contributed by atoms with Gasteiger partial charge >= 0.3 is 0 Å². The summed E-state index contributed by atoms with van der Waals surface area (Å²) in [5.74, 6) is 1.78. The van der Waals surface area contributed by atoms with Gasteiger partial charge in [0, 0.05) is 44.9 Å². The van der Waals surface area contributed by atoms with Gasteiger partial charge in [-0.15, -0.1) is 0 Å². The lowest BCUT2D eigenvalue weighted by atomic mass is 10.1. The van der Waals surface area contributed by atoms with Gasteiger partial charge in [-0.25, -0.2) is 0 Å². The van der Waals surface area contributed by atoms with Crippen LogP contribution in [-0.2, 0) is 11.3 Å². The molecule has 0 spiro atoms. The van der Waals surface area contributed by atoms with Crippen LogP contribution in [0.3, 0.4) is 0 Å². The number of carbonyl (C=O) groups is 1. The van der Waals surface area contributed by atoms with E-state index in [9.17, 15) is 4.79 Å². The maximum Gasteiger partial charge on any atom is 0.253 e. The fourth-order valence-electron chi connectivity index (χ4n) is 4.07. The largest absolute Gasteiger partial charge is 0.494 e. The van der Waals surface area contributed by atoms with Crippen molar-refractivity contribution in [2.45, 2.75) is 32.4 Å². The molecule has 0 bridgehead atoms. The number of carbonyl (C=O) groups excluding carboxylic acids is 1. The Kier molecular flexibility index (Phi) is 7.43. The van der Waals surface area contributed by atoms with Crippen LogP contribution in [0.5, 0.6) is 11.5 Å². The summed E-state index contributed by atoms with van der Waals surface area (Å²) in [5.41, 5.74) is 1.98. The topological polar surface area (TPSA) is 51.2 Å². The molecular weight excluding hydrogens is 392 g/mol. The van der Waals surface area contributed by atoms with Crippen LogP contribution in [-0.4, -0.2) is 67.8 Å². The Hall–Kier alpha value is -2.57. The Morgan fingerprint density at radius 2 is 1.65 bits per heavy atom. The minimum Gasteiger partial charge on any atom is -0.494 e. The molecule has 2 aliphatic heterocycles. The van der Waals surface area contributed by atoms with Crippen LogP contribution in [0, 0.1) is 0 Å². The van der Waals surface area contributed by atoms with Crippen molar-refractivity contribution in [3.63, 3.8) is 0 Å². The number of rotatable bonds is 8. The standard InChI is InChI=1S/C25H32N2O4/c1-2-29-22-9-5-20(6-10-22)18-26-13-15-27(16-14-26)25(28)21-7-11-23(12-8-21)31-19-24-4-3-17-30-24/h5-12,24H,2-4,13-19H2,1H3. The van der Waals surface area contributed by atoms with E-state index in [1.165, 1.54) is 5.56 Å². The third-order valence-electron chi connectivity index (χ3n) is 5.86. The number of nitrogens with zero attached hydrogens (tertiary/aromatic N) is 2. The number of hydrogen-bond acceptors (Lipinski definition) is 5. The van der Waals surface area contributed by atoms with Crippen molar-refractivity contribution in [1.82, 2.24) is 9.80 Å². The zero-order valence-electron chi connectivity index (χ0n) is 18.3. The number of amides is 1. The molecule has 2 aliphatic rings. The first-order valence-corrected chi connectivity index (χ1v) is 11.3. The van der Waals surface area contributed by atoms with E-state index >= 15 is 0 Å². The average molecular weight is 425 g/mol. The fraction of sp³-hybridized carbons (Fsp3) is 0.480. The highest BCUT2D eigenvalue weighted by Crippen LogP contribution is 2.19. The molecule has 0 N–H and O–H groups in total. The van der Waals surface area contributed by atoms with Crippen LogP contribution in [0.1, 0.15) is 35.7 Å². The maximum atomic E-state index is 12.9. The van der Waals surface area contributed by atoms with Crippen molar-refractivity contribution in [1.29, 1.82) is 0 Å². The lowest BCUT2D eigenvalue weighted by Crippen LogP contribution is -2.48. The number of ether oxygens (including phenoxy) is 3.